The molecule has 9 heteroatoms. The Morgan fingerprint density at radius 1 is 1.19 bits per heavy atom. The van der Waals surface area contributed by atoms with Crippen molar-refractivity contribution < 1.29 is 22.9 Å². The van der Waals surface area contributed by atoms with Crippen LogP contribution in [0.25, 0.3) is 11.5 Å². The highest BCUT2D eigenvalue weighted by atomic mass is 19.1. The van der Waals surface area contributed by atoms with Crippen molar-refractivity contribution in [2.24, 2.45) is 0 Å². The van der Waals surface area contributed by atoms with E-state index in [1.54, 1.807) is 18.2 Å². The molecule has 1 saturated carbocycles. The van der Waals surface area contributed by atoms with E-state index in [-0.39, 0.29) is 29.8 Å². The smallest absolute Gasteiger partial charge is 0.316 e. The SMILES string of the molecule is O=C(NC1CCC(Oc2ncc(F)cn2)CC1)c1cc(-c2ccco2)on1. The van der Waals surface area contributed by atoms with E-state index in [1.807, 2.05) is 0 Å². The summed E-state index contributed by atoms with van der Waals surface area (Å²) in [4.78, 5) is 19.9. The third-order valence-electron chi connectivity index (χ3n) is 4.38. The Labute approximate surface area is 153 Å². The Kier molecular flexibility index (Phi) is 4.82. The topological polar surface area (TPSA) is 103 Å². The van der Waals surface area contributed by atoms with Crippen molar-refractivity contribution in [1.29, 1.82) is 0 Å². The van der Waals surface area contributed by atoms with Gasteiger partial charge in [-0.3, -0.25) is 4.79 Å². The van der Waals surface area contributed by atoms with Crippen LogP contribution in [0, 0.1) is 5.82 Å². The second-order valence-corrected chi connectivity index (χ2v) is 6.30. The summed E-state index contributed by atoms with van der Waals surface area (Å²) in [6, 6.07) is 5.20. The van der Waals surface area contributed by atoms with Gasteiger partial charge in [-0.25, -0.2) is 14.4 Å². The molecule has 0 unspecified atom stereocenters. The summed E-state index contributed by atoms with van der Waals surface area (Å²) >= 11 is 0. The van der Waals surface area contributed by atoms with Crippen molar-refractivity contribution in [2.45, 2.75) is 37.8 Å². The van der Waals surface area contributed by atoms with Crippen molar-refractivity contribution in [3.05, 3.63) is 48.4 Å². The van der Waals surface area contributed by atoms with Crippen molar-refractivity contribution in [1.82, 2.24) is 20.4 Å². The minimum Gasteiger partial charge on any atom is -0.461 e. The zero-order valence-corrected chi connectivity index (χ0v) is 14.3. The number of nitrogens with one attached hydrogen (secondary N) is 1. The predicted molar refractivity (Wildman–Crippen MR) is 90.3 cm³/mol. The number of carbonyl (C=O) groups is 1. The van der Waals surface area contributed by atoms with Gasteiger partial charge in [0.05, 0.1) is 18.7 Å². The van der Waals surface area contributed by atoms with Crippen molar-refractivity contribution in [2.75, 3.05) is 0 Å². The molecule has 0 aromatic carbocycles. The van der Waals surface area contributed by atoms with Crippen LogP contribution < -0.4 is 10.1 Å². The quantitative estimate of drug-likeness (QED) is 0.734. The Morgan fingerprint density at radius 2 is 1.96 bits per heavy atom. The molecule has 0 aliphatic heterocycles. The lowest BCUT2D eigenvalue weighted by Crippen LogP contribution is -2.39. The maximum atomic E-state index is 12.8. The van der Waals surface area contributed by atoms with E-state index in [1.165, 1.54) is 6.26 Å². The first-order valence-electron chi connectivity index (χ1n) is 8.63. The van der Waals surface area contributed by atoms with Crippen molar-refractivity contribution in [3.63, 3.8) is 0 Å². The standard InChI is InChI=1S/C18H17FN4O4/c19-11-9-20-18(21-10-11)26-13-5-3-12(4-6-13)22-17(24)14-8-16(27-23-14)15-2-1-7-25-15/h1-2,7-10,12-13H,3-6H2,(H,22,24). The summed E-state index contributed by atoms with van der Waals surface area (Å²) in [6.07, 6.45) is 6.59. The van der Waals surface area contributed by atoms with E-state index in [4.69, 9.17) is 13.7 Å². The average molecular weight is 372 g/mol. The van der Waals surface area contributed by atoms with E-state index in [2.05, 4.69) is 20.4 Å². The lowest BCUT2D eigenvalue weighted by molar-refractivity contribution is 0.0876. The molecule has 4 rings (SSSR count). The largest absolute Gasteiger partial charge is 0.461 e. The molecule has 140 valence electrons. The van der Waals surface area contributed by atoms with Crippen LogP contribution in [0.1, 0.15) is 36.2 Å². The minimum absolute atomic E-state index is 0.0234. The molecule has 3 heterocycles. The molecular weight excluding hydrogens is 355 g/mol. The summed E-state index contributed by atoms with van der Waals surface area (Å²) in [5.74, 6) is 0.128. The van der Waals surface area contributed by atoms with Gasteiger partial charge in [0.2, 0.25) is 5.76 Å². The molecule has 0 radical (unpaired) electrons. The number of carbonyl (C=O) groups excluding carboxylic acids is 1. The van der Waals surface area contributed by atoms with Crippen LogP contribution in [0.3, 0.4) is 0 Å². The van der Waals surface area contributed by atoms with Crippen molar-refractivity contribution in [3.8, 4) is 17.5 Å². The summed E-state index contributed by atoms with van der Waals surface area (Å²) in [6.45, 7) is 0. The first-order valence-corrected chi connectivity index (χ1v) is 8.63. The van der Waals surface area contributed by atoms with Crippen LogP contribution in [-0.4, -0.2) is 33.2 Å². The highest BCUT2D eigenvalue weighted by Crippen LogP contribution is 2.23. The maximum absolute atomic E-state index is 12.8. The second-order valence-electron chi connectivity index (χ2n) is 6.30. The van der Waals surface area contributed by atoms with Gasteiger partial charge in [-0.2, -0.15) is 0 Å². The van der Waals surface area contributed by atoms with Gasteiger partial charge in [-0.05, 0) is 37.8 Å². The van der Waals surface area contributed by atoms with Crippen LogP contribution in [0.5, 0.6) is 6.01 Å². The van der Waals surface area contributed by atoms with Gasteiger partial charge in [-0.15, -0.1) is 0 Å². The van der Waals surface area contributed by atoms with Crippen LogP contribution in [-0.2, 0) is 0 Å². The number of hydrogen-bond acceptors (Lipinski definition) is 7. The third kappa shape index (κ3) is 4.13. The van der Waals surface area contributed by atoms with Gasteiger partial charge in [-0.1, -0.05) is 5.16 Å². The summed E-state index contributed by atoms with van der Waals surface area (Å²) in [5.41, 5.74) is 0.208. The molecule has 0 saturated heterocycles. The van der Waals surface area contributed by atoms with E-state index >= 15 is 0 Å². The zero-order valence-electron chi connectivity index (χ0n) is 14.3. The molecule has 1 N–H and O–H groups in total. The van der Waals surface area contributed by atoms with E-state index in [0.717, 1.165) is 38.1 Å². The normalized spacial score (nSPS) is 19.6. The predicted octanol–water partition coefficient (Wildman–Crippen LogP) is 2.98. The van der Waals surface area contributed by atoms with Gasteiger partial charge in [0, 0.05) is 12.1 Å². The van der Waals surface area contributed by atoms with Gasteiger partial charge >= 0.3 is 6.01 Å². The molecule has 1 fully saturated rings. The van der Waals surface area contributed by atoms with Crippen LogP contribution in [0.15, 0.2) is 45.8 Å². The molecule has 8 nitrogen and oxygen atoms in total. The number of halogens is 1. The molecule has 0 atom stereocenters. The molecule has 0 spiro atoms. The monoisotopic (exact) mass is 372 g/mol. The number of amides is 1. The number of nitrogens with zero attached hydrogens (tertiary/aromatic N) is 3. The fourth-order valence-corrected chi connectivity index (χ4v) is 3.01. The highest BCUT2D eigenvalue weighted by Gasteiger charge is 2.25. The first kappa shape index (κ1) is 17.2. The summed E-state index contributed by atoms with van der Waals surface area (Å²) < 4.78 is 28.8. The van der Waals surface area contributed by atoms with Gasteiger partial charge < -0.3 is 19.0 Å². The van der Waals surface area contributed by atoms with E-state index in [0.29, 0.717) is 11.5 Å². The lowest BCUT2D eigenvalue weighted by Gasteiger charge is -2.28. The highest BCUT2D eigenvalue weighted by molar-refractivity contribution is 5.93. The molecule has 3 aromatic heterocycles. The maximum Gasteiger partial charge on any atom is 0.316 e. The van der Waals surface area contributed by atoms with Crippen LogP contribution >= 0.6 is 0 Å². The Hall–Kier alpha value is -3.23. The Bertz CT molecular complexity index is 886. The number of rotatable bonds is 5. The van der Waals surface area contributed by atoms with E-state index < -0.39 is 5.82 Å². The summed E-state index contributed by atoms with van der Waals surface area (Å²) in [7, 11) is 0. The minimum atomic E-state index is -0.503. The number of ether oxygens (including phenoxy) is 1. The summed E-state index contributed by atoms with van der Waals surface area (Å²) in [5, 5.41) is 6.75. The number of hydrogen-bond donors (Lipinski definition) is 1. The fraction of sp³-hybridized carbons (Fsp3) is 0.333. The number of aromatic nitrogens is 3. The fourth-order valence-electron chi connectivity index (χ4n) is 3.01. The molecule has 27 heavy (non-hydrogen) atoms. The van der Waals surface area contributed by atoms with Gasteiger partial charge in [0.15, 0.2) is 17.3 Å². The second kappa shape index (κ2) is 7.56. The number of furan rings is 1. The molecule has 1 aliphatic carbocycles. The third-order valence-corrected chi connectivity index (χ3v) is 4.38. The Balaban J connectivity index is 1.27. The molecular formula is C18H17FN4O4. The van der Waals surface area contributed by atoms with Gasteiger partial charge in [0.1, 0.15) is 6.10 Å². The molecule has 1 aliphatic rings. The lowest BCUT2D eigenvalue weighted by atomic mass is 9.93. The molecule has 3 aromatic rings. The first-order chi connectivity index (χ1) is 13.2. The zero-order chi connectivity index (χ0) is 18.6. The van der Waals surface area contributed by atoms with E-state index in [9.17, 15) is 9.18 Å². The molecule has 0 bridgehead atoms. The van der Waals surface area contributed by atoms with Crippen LogP contribution in [0.2, 0.25) is 0 Å². The average Bonchev–Trinajstić information content (AvgIpc) is 3.36. The van der Waals surface area contributed by atoms with Crippen LogP contribution in [0.4, 0.5) is 4.39 Å². The molecule has 1 amide bonds. The van der Waals surface area contributed by atoms with Crippen molar-refractivity contribution >= 4 is 5.91 Å². The Morgan fingerprint density at radius 3 is 2.67 bits per heavy atom. The van der Waals surface area contributed by atoms with Gasteiger partial charge in [0.25, 0.3) is 5.91 Å².